The molecule has 1 atom stereocenters. The maximum atomic E-state index is 13.7. The first-order chi connectivity index (χ1) is 11.9. The van der Waals surface area contributed by atoms with Crippen molar-refractivity contribution in [2.45, 2.75) is 11.5 Å². The average Bonchev–Trinajstić information content (AvgIpc) is 2.58. The maximum absolute atomic E-state index is 13.7. The van der Waals surface area contributed by atoms with Crippen LogP contribution in [0.15, 0.2) is 47.6 Å². The van der Waals surface area contributed by atoms with Gasteiger partial charge in [-0.05, 0) is 35.9 Å². The number of methoxy groups -OCH3 is 1. The molecule has 0 saturated heterocycles. The topological polar surface area (TPSA) is 85.2 Å². The maximum Gasteiger partial charge on any atom is 0.240 e. The van der Waals surface area contributed by atoms with Gasteiger partial charge in [-0.15, -0.1) is 0 Å². The van der Waals surface area contributed by atoms with Gasteiger partial charge in [-0.2, -0.15) is 0 Å². The van der Waals surface area contributed by atoms with Crippen LogP contribution < -0.4 is 9.47 Å². The van der Waals surface area contributed by atoms with Crippen molar-refractivity contribution < 1.29 is 18.1 Å². The number of pyridine rings is 2. The number of hydrogen-bond acceptors (Lipinski definition) is 6. The Balaban J connectivity index is 1.93. The largest absolute Gasteiger partial charge is 0.488 e. The average molecular weight is 361 g/mol. The van der Waals surface area contributed by atoms with Crippen molar-refractivity contribution in [2.24, 2.45) is 0 Å². The van der Waals surface area contributed by atoms with E-state index in [0.717, 1.165) is 6.07 Å². The van der Waals surface area contributed by atoms with Crippen LogP contribution in [0, 0.1) is 10.6 Å². The van der Waals surface area contributed by atoms with Gasteiger partial charge in [-0.25, -0.2) is 18.4 Å². The Morgan fingerprint density at radius 2 is 1.96 bits per heavy atom. The molecule has 6 nitrogen and oxygen atoms in total. The lowest BCUT2D eigenvalue weighted by Crippen LogP contribution is -2.02. The van der Waals surface area contributed by atoms with Gasteiger partial charge < -0.3 is 9.47 Å². The first kappa shape index (κ1) is 17.1. The van der Waals surface area contributed by atoms with Gasteiger partial charge in [0.05, 0.1) is 21.7 Å². The van der Waals surface area contributed by atoms with Gasteiger partial charge in [-0.1, -0.05) is 0 Å². The van der Waals surface area contributed by atoms with E-state index in [2.05, 4.69) is 9.97 Å². The highest BCUT2D eigenvalue weighted by Gasteiger charge is 2.11. The number of ether oxygens (including phenoxy) is 2. The number of fused-ring (bicyclic) bond motifs is 1. The smallest absolute Gasteiger partial charge is 0.240 e. The van der Waals surface area contributed by atoms with Gasteiger partial charge in [0.15, 0.2) is 0 Å². The van der Waals surface area contributed by atoms with E-state index >= 15 is 0 Å². The van der Waals surface area contributed by atoms with Crippen LogP contribution in [0.25, 0.3) is 10.9 Å². The third-order valence-corrected chi connectivity index (χ3v) is 4.69. The second-order valence-electron chi connectivity index (χ2n) is 5.45. The zero-order valence-electron chi connectivity index (χ0n) is 13.7. The molecular weight excluding hydrogens is 345 g/mol. The van der Waals surface area contributed by atoms with E-state index in [4.69, 9.17) is 14.3 Å². The van der Waals surface area contributed by atoms with Crippen molar-refractivity contribution in [3.63, 3.8) is 0 Å². The summed E-state index contributed by atoms with van der Waals surface area (Å²) < 4.78 is 44.2. The molecule has 0 amide bonds. The van der Waals surface area contributed by atoms with E-state index in [1.54, 1.807) is 24.5 Å². The molecule has 0 spiro atoms. The molecule has 3 rings (SSSR count). The normalized spacial score (nSPS) is 13.4. The van der Waals surface area contributed by atoms with Crippen LogP contribution in [0.5, 0.6) is 11.6 Å². The minimum atomic E-state index is -3.00. The van der Waals surface area contributed by atoms with E-state index in [0.29, 0.717) is 28.1 Å². The number of aromatic nitrogens is 2. The molecule has 0 aliphatic rings. The van der Waals surface area contributed by atoms with Crippen LogP contribution >= 0.6 is 0 Å². The third-order valence-electron chi connectivity index (χ3n) is 3.55. The molecule has 0 aliphatic heterocycles. The summed E-state index contributed by atoms with van der Waals surface area (Å²) in [6.45, 7) is 0.0596. The predicted octanol–water partition coefficient (Wildman–Crippen LogP) is 3.39. The Bertz CT molecular complexity index is 1040. The second-order valence-corrected chi connectivity index (χ2v) is 7.61. The Kier molecular flexibility index (Phi) is 4.54. The second kappa shape index (κ2) is 6.64. The van der Waals surface area contributed by atoms with Crippen molar-refractivity contribution in [2.75, 3.05) is 13.4 Å². The molecule has 0 bridgehead atoms. The van der Waals surface area contributed by atoms with Crippen LogP contribution in [-0.4, -0.2) is 27.5 Å². The first-order valence-corrected chi connectivity index (χ1v) is 9.29. The standard InChI is InChI=1S/C17H16FN3O3S/c1-23-17-16-14(3-5-21-17)15(4-6-20-16)24-10-11-7-12(18)9-13(8-11)25(2,19)22/h3-9,19H,10H2,1-2H3. The number of benzene rings is 1. The monoisotopic (exact) mass is 361 g/mol. The van der Waals surface area contributed by atoms with Crippen LogP contribution in [0.1, 0.15) is 5.56 Å². The number of hydrogen-bond donors (Lipinski definition) is 1. The Labute approximate surface area is 144 Å². The molecule has 0 radical (unpaired) electrons. The fraction of sp³-hybridized carbons (Fsp3) is 0.176. The van der Waals surface area contributed by atoms with Crippen molar-refractivity contribution in [1.82, 2.24) is 9.97 Å². The molecule has 130 valence electrons. The van der Waals surface area contributed by atoms with Gasteiger partial charge in [0.2, 0.25) is 5.88 Å². The molecule has 0 fully saturated rings. The fourth-order valence-electron chi connectivity index (χ4n) is 2.39. The highest BCUT2D eigenvalue weighted by Crippen LogP contribution is 2.29. The molecule has 25 heavy (non-hydrogen) atoms. The zero-order valence-corrected chi connectivity index (χ0v) is 14.5. The van der Waals surface area contributed by atoms with Gasteiger partial charge in [0.25, 0.3) is 0 Å². The molecule has 3 aromatic rings. The number of halogens is 1. The number of rotatable bonds is 5. The molecule has 2 heterocycles. The summed E-state index contributed by atoms with van der Waals surface area (Å²) in [4.78, 5) is 8.47. The lowest BCUT2D eigenvalue weighted by molar-refractivity contribution is 0.308. The van der Waals surface area contributed by atoms with Gasteiger partial charge in [-0.3, -0.25) is 4.98 Å². The van der Waals surface area contributed by atoms with Crippen LogP contribution in [0.2, 0.25) is 0 Å². The zero-order chi connectivity index (χ0) is 18.0. The highest BCUT2D eigenvalue weighted by molar-refractivity contribution is 7.91. The lowest BCUT2D eigenvalue weighted by Gasteiger charge is -2.11. The number of nitrogens with one attached hydrogen (secondary N) is 1. The molecule has 1 N–H and O–H groups in total. The first-order valence-electron chi connectivity index (χ1n) is 7.32. The lowest BCUT2D eigenvalue weighted by atomic mass is 10.2. The highest BCUT2D eigenvalue weighted by atomic mass is 32.2. The molecule has 2 aromatic heterocycles. The summed E-state index contributed by atoms with van der Waals surface area (Å²) in [7, 11) is -1.50. The van der Waals surface area contributed by atoms with E-state index in [1.807, 2.05) is 0 Å². The van der Waals surface area contributed by atoms with E-state index < -0.39 is 15.5 Å². The van der Waals surface area contributed by atoms with E-state index in [-0.39, 0.29) is 11.5 Å². The SMILES string of the molecule is COc1nccc2c(OCc3cc(F)cc(S(C)(=N)=O)c3)ccnc12. The van der Waals surface area contributed by atoms with Crippen molar-refractivity contribution in [3.05, 3.63) is 54.1 Å². The van der Waals surface area contributed by atoms with Crippen LogP contribution in [-0.2, 0) is 16.3 Å². The van der Waals surface area contributed by atoms with Gasteiger partial charge in [0, 0.05) is 24.0 Å². The van der Waals surface area contributed by atoms with Crippen molar-refractivity contribution in [1.29, 1.82) is 4.78 Å². The van der Waals surface area contributed by atoms with Crippen LogP contribution in [0.4, 0.5) is 4.39 Å². The molecule has 1 aromatic carbocycles. The summed E-state index contributed by atoms with van der Waals surface area (Å²) in [6.07, 6.45) is 4.41. The minimum absolute atomic E-state index is 0.0596. The molecular formula is C17H16FN3O3S. The van der Waals surface area contributed by atoms with Crippen molar-refractivity contribution in [3.8, 4) is 11.6 Å². The summed E-state index contributed by atoms with van der Waals surface area (Å²) in [5, 5.41) is 0.714. The summed E-state index contributed by atoms with van der Waals surface area (Å²) in [5.41, 5.74) is 1.05. The summed E-state index contributed by atoms with van der Waals surface area (Å²) in [5.74, 6) is 0.374. The third kappa shape index (κ3) is 3.69. The predicted molar refractivity (Wildman–Crippen MR) is 91.9 cm³/mol. The van der Waals surface area contributed by atoms with E-state index in [9.17, 15) is 8.60 Å². The number of nitrogens with zero attached hydrogens (tertiary/aromatic N) is 2. The molecule has 0 saturated carbocycles. The summed E-state index contributed by atoms with van der Waals surface area (Å²) in [6, 6.07) is 7.36. The Morgan fingerprint density at radius 3 is 2.68 bits per heavy atom. The molecule has 8 heteroatoms. The van der Waals surface area contributed by atoms with E-state index in [1.165, 1.54) is 25.5 Å². The quantitative estimate of drug-likeness (QED) is 0.753. The molecule has 1 unspecified atom stereocenters. The molecule has 0 aliphatic carbocycles. The van der Waals surface area contributed by atoms with Gasteiger partial charge >= 0.3 is 0 Å². The Morgan fingerprint density at radius 1 is 1.20 bits per heavy atom. The summed E-state index contributed by atoms with van der Waals surface area (Å²) >= 11 is 0. The fourth-order valence-corrected chi connectivity index (χ4v) is 3.11. The minimum Gasteiger partial charge on any atom is -0.488 e. The Hall–Kier alpha value is -2.74. The van der Waals surface area contributed by atoms with Crippen LogP contribution in [0.3, 0.4) is 0 Å². The van der Waals surface area contributed by atoms with Crippen molar-refractivity contribution >= 4 is 20.6 Å². The van der Waals surface area contributed by atoms with Gasteiger partial charge in [0.1, 0.15) is 23.7 Å².